The van der Waals surface area contributed by atoms with Crippen molar-refractivity contribution in [3.05, 3.63) is 62.7 Å². The Morgan fingerprint density at radius 3 is 2.72 bits per heavy atom. The third-order valence-corrected chi connectivity index (χ3v) is 4.15. The van der Waals surface area contributed by atoms with Crippen molar-refractivity contribution in [3.8, 4) is 11.8 Å². The van der Waals surface area contributed by atoms with Crippen LogP contribution in [0.3, 0.4) is 0 Å². The molecule has 5 heteroatoms. The van der Waals surface area contributed by atoms with Gasteiger partial charge in [-0.2, -0.15) is 5.26 Å². The van der Waals surface area contributed by atoms with Crippen LogP contribution in [0.25, 0.3) is 6.08 Å². The maximum Gasteiger partial charge on any atom is 0.266 e. The molecular formula is C20H19IN2O2. The minimum absolute atomic E-state index is 0.0513. The number of rotatable bonds is 6. The Morgan fingerprint density at radius 2 is 2.04 bits per heavy atom. The quantitative estimate of drug-likeness (QED) is 0.394. The van der Waals surface area contributed by atoms with Gasteiger partial charge in [-0.25, -0.2) is 0 Å². The summed E-state index contributed by atoms with van der Waals surface area (Å²) in [6.07, 6.45) is 2.38. The maximum atomic E-state index is 12.5. The smallest absolute Gasteiger partial charge is 0.266 e. The molecule has 0 aliphatic heterocycles. The van der Waals surface area contributed by atoms with Gasteiger partial charge in [-0.1, -0.05) is 25.1 Å². The summed E-state index contributed by atoms with van der Waals surface area (Å²) in [6.45, 7) is 4.49. The van der Waals surface area contributed by atoms with Crippen molar-refractivity contribution in [1.29, 1.82) is 5.26 Å². The summed E-state index contributed by atoms with van der Waals surface area (Å²) in [7, 11) is 0. The summed E-state index contributed by atoms with van der Waals surface area (Å²) >= 11 is 2.18. The average molecular weight is 446 g/mol. The lowest BCUT2D eigenvalue weighted by molar-refractivity contribution is -0.112. The van der Waals surface area contributed by atoms with Gasteiger partial charge >= 0.3 is 0 Å². The summed E-state index contributed by atoms with van der Waals surface area (Å²) in [5.41, 5.74) is 2.57. The molecule has 0 spiro atoms. The molecule has 0 aromatic heterocycles. The lowest BCUT2D eigenvalue weighted by Crippen LogP contribution is -2.14. The van der Waals surface area contributed by atoms with Gasteiger partial charge < -0.3 is 10.1 Å². The second-order valence-corrected chi connectivity index (χ2v) is 6.53. The van der Waals surface area contributed by atoms with Gasteiger partial charge in [-0.3, -0.25) is 4.79 Å². The summed E-state index contributed by atoms with van der Waals surface area (Å²) in [6, 6.07) is 15.2. The van der Waals surface area contributed by atoms with Crippen LogP contribution in [0.4, 0.5) is 5.69 Å². The van der Waals surface area contributed by atoms with Gasteiger partial charge in [0, 0.05) is 9.26 Å². The first-order valence-electron chi connectivity index (χ1n) is 8.01. The highest BCUT2D eigenvalue weighted by atomic mass is 127. The van der Waals surface area contributed by atoms with Crippen LogP contribution in [0.5, 0.6) is 5.75 Å². The molecule has 4 nitrogen and oxygen atoms in total. The SMILES string of the molecule is CCOc1cc(I)cc(/C=C(\C#N)C(=O)Nc2ccccc2CC)c1. The van der Waals surface area contributed by atoms with E-state index in [1.165, 1.54) is 0 Å². The molecule has 2 rings (SSSR count). The Morgan fingerprint density at radius 1 is 1.28 bits per heavy atom. The third kappa shape index (κ3) is 5.33. The molecule has 2 aromatic carbocycles. The number of hydrogen-bond donors (Lipinski definition) is 1. The molecule has 1 N–H and O–H groups in total. The molecule has 25 heavy (non-hydrogen) atoms. The number of aryl methyl sites for hydroxylation is 1. The fourth-order valence-electron chi connectivity index (χ4n) is 2.37. The van der Waals surface area contributed by atoms with Crippen LogP contribution in [0.1, 0.15) is 25.0 Å². The highest BCUT2D eigenvalue weighted by Gasteiger charge is 2.12. The fourth-order valence-corrected chi connectivity index (χ4v) is 3.04. The monoisotopic (exact) mass is 446 g/mol. The number of nitriles is 1. The van der Waals surface area contributed by atoms with E-state index in [2.05, 4.69) is 27.9 Å². The molecule has 0 saturated heterocycles. The van der Waals surface area contributed by atoms with Crippen LogP contribution in [0, 0.1) is 14.9 Å². The predicted octanol–water partition coefficient (Wildman–Crippen LogP) is 4.80. The molecular weight excluding hydrogens is 427 g/mol. The van der Waals surface area contributed by atoms with Gasteiger partial charge in [0.2, 0.25) is 0 Å². The van der Waals surface area contributed by atoms with Crippen LogP contribution in [0.2, 0.25) is 0 Å². The molecule has 0 aliphatic carbocycles. The Kier molecular flexibility index (Phi) is 7.02. The zero-order valence-corrected chi connectivity index (χ0v) is 16.3. The average Bonchev–Trinajstić information content (AvgIpc) is 2.60. The van der Waals surface area contributed by atoms with Gasteiger partial charge in [0.25, 0.3) is 5.91 Å². The fraction of sp³-hybridized carbons (Fsp3) is 0.200. The van der Waals surface area contributed by atoms with Crippen LogP contribution < -0.4 is 10.1 Å². The zero-order valence-electron chi connectivity index (χ0n) is 14.2. The molecule has 1 amide bonds. The number of nitrogens with zero attached hydrogens (tertiary/aromatic N) is 1. The summed E-state index contributed by atoms with van der Waals surface area (Å²) < 4.78 is 6.49. The first kappa shape index (κ1) is 19.0. The number of benzene rings is 2. The van der Waals surface area contributed by atoms with Crippen molar-refractivity contribution >= 4 is 40.3 Å². The number of amides is 1. The highest BCUT2D eigenvalue weighted by Crippen LogP contribution is 2.22. The second-order valence-electron chi connectivity index (χ2n) is 5.29. The van der Waals surface area contributed by atoms with Gasteiger partial charge in [-0.15, -0.1) is 0 Å². The van der Waals surface area contributed by atoms with E-state index in [9.17, 15) is 10.1 Å². The van der Waals surface area contributed by atoms with Crippen molar-refractivity contribution < 1.29 is 9.53 Å². The van der Waals surface area contributed by atoms with E-state index in [-0.39, 0.29) is 5.57 Å². The second kappa shape index (κ2) is 9.23. The Bertz CT molecular complexity index is 838. The van der Waals surface area contributed by atoms with Crippen molar-refractivity contribution in [2.24, 2.45) is 0 Å². The van der Waals surface area contributed by atoms with Crippen molar-refractivity contribution in [1.82, 2.24) is 0 Å². The van der Waals surface area contributed by atoms with Crippen molar-refractivity contribution in [2.75, 3.05) is 11.9 Å². The number of carbonyl (C=O) groups is 1. The Labute approximate surface area is 161 Å². The lowest BCUT2D eigenvalue weighted by atomic mass is 10.1. The molecule has 0 saturated carbocycles. The zero-order chi connectivity index (χ0) is 18.2. The molecule has 0 radical (unpaired) electrons. The molecule has 0 unspecified atom stereocenters. The first-order valence-corrected chi connectivity index (χ1v) is 9.09. The van der Waals surface area contributed by atoms with Gasteiger partial charge in [0.15, 0.2) is 0 Å². The largest absolute Gasteiger partial charge is 0.494 e. The van der Waals surface area contributed by atoms with E-state index in [1.807, 2.05) is 62.4 Å². The summed E-state index contributed by atoms with van der Waals surface area (Å²) in [4.78, 5) is 12.5. The van der Waals surface area contributed by atoms with E-state index in [0.717, 1.165) is 32.6 Å². The predicted molar refractivity (Wildman–Crippen MR) is 108 cm³/mol. The Balaban J connectivity index is 2.28. The highest BCUT2D eigenvalue weighted by molar-refractivity contribution is 14.1. The third-order valence-electron chi connectivity index (χ3n) is 3.53. The topological polar surface area (TPSA) is 62.1 Å². The summed E-state index contributed by atoms with van der Waals surface area (Å²) in [5.74, 6) is 0.301. The minimum Gasteiger partial charge on any atom is -0.494 e. The number of halogens is 1. The van der Waals surface area contributed by atoms with E-state index in [0.29, 0.717) is 6.61 Å². The lowest BCUT2D eigenvalue weighted by Gasteiger charge is -2.09. The van der Waals surface area contributed by atoms with Crippen molar-refractivity contribution in [3.63, 3.8) is 0 Å². The van der Waals surface area contributed by atoms with Gasteiger partial charge in [-0.05, 0) is 77.4 Å². The molecule has 128 valence electrons. The van der Waals surface area contributed by atoms with Crippen LogP contribution in [-0.4, -0.2) is 12.5 Å². The van der Waals surface area contributed by atoms with E-state index < -0.39 is 5.91 Å². The summed E-state index contributed by atoms with van der Waals surface area (Å²) in [5, 5.41) is 12.2. The molecule has 2 aromatic rings. The Hall–Kier alpha value is -2.33. The number of anilines is 1. The van der Waals surface area contributed by atoms with Gasteiger partial charge in [0.1, 0.15) is 17.4 Å². The molecule has 0 aliphatic rings. The standard InChI is InChI=1S/C20H19IN2O2/c1-3-15-7-5-6-8-19(15)23-20(24)16(13-22)9-14-10-17(21)12-18(11-14)25-4-2/h5-12H,3-4H2,1-2H3,(H,23,24)/b16-9+. The molecule has 0 bridgehead atoms. The number of carbonyl (C=O) groups excluding carboxylic acids is 1. The van der Waals surface area contributed by atoms with Crippen molar-refractivity contribution in [2.45, 2.75) is 20.3 Å². The van der Waals surface area contributed by atoms with E-state index >= 15 is 0 Å². The molecule has 0 fully saturated rings. The number of nitrogens with one attached hydrogen (secondary N) is 1. The van der Waals surface area contributed by atoms with Crippen LogP contribution in [-0.2, 0) is 11.2 Å². The molecule has 0 heterocycles. The van der Waals surface area contributed by atoms with E-state index in [4.69, 9.17) is 4.74 Å². The van der Waals surface area contributed by atoms with Crippen LogP contribution >= 0.6 is 22.6 Å². The molecule has 0 atom stereocenters. The number of ether oxygens (including phenoxy) is 1. The maximum absolute atomic E-state index is 12.5. The number of para-hydroxylation sites is 1. The van der Waals surface area contributed by atoms with Crippen LogP contribution in [0.15, 0.2) is 48.0 Å². The minimum atomic E-state index is -0.416. The van der Waals surface area contributed by atoms with Gasteiger partial charge in [0.05, 0.1) is 6.61 Å². The number of hydrogen-bond acceptors (Lipinski definition) is 3. The van der Waals surface area contributed by atoms with E-state index in [1.54, 1.807) is 6.08 Å². The normalized spacial score (nSPS) is 10.9. The first-order chi connectivity index (χ1) is 12.1.